The van der Waals surface area contributed by atoms with Gasteiger partial charge < -0.3 is 14.7 Å². The average Bonchev–Trinajstić information content (AvgIpc) is 2.50. The van der Waals surface area contributed by atoms with Crippen LogP contribution < -0.4 is 9.64 Å². The largest absolute Gasteiger partial charge is 0.508 e. The van der Waals surface area contributed by atoms with Crippen molar-refractivity contribution in [1.82, 2.24) is 0 Å². The number of carbonyl (C=O) groups excluding carboxylic acids is 1. The highest BCUT2D eigenvalue weighted by atomic mass is 16.5. The Balaban J connectivity index is 1.89. The number of rotatable bonds is 2. The van der Waals surface area contributed by atoms with Gasteiger partial charge in [0.25, 0.3) is 0 Å². The average molecular weight is 295 g/mol. The lowest BCUT2D eigenvalue weighted by molar-refractivity contribution is 0.100. The second kappa shape index (κ2) is 5.56. The number of Topliss-reactive ketones (excluding diaryl/α,β-unsaturated/α-hetero) is 1. The minimum absolute atomic E-state index is 0.0575. The molecule has 1 aliphatic rings. The van der Waals surface area contributed by atoms with Crippen molar-refractivity contribution in [2.24, 2.45) is 0 Å². The highest BCUT2D eigenvalue weighted by Gasteiger charge is 2.23. The number of anilines is 1. The summed E-state index contributed by atoms with van der Waals surface area (Å²) in [7, 11) is 3.97. The summed E-state index contributed by atoms with van der Waals surface area (Å²) in [6.07, 6.45) is 1.84. The molecule has 0 fully saturated rings. The number of fused-ring (bicyclic) bond motifs is 1. The third-order valence-electron chi connectivity index (χ3n) is 3.64. The molecule has 2 aromatic rings. The van der Waals surface area contributed by atoms with Crippen molar-refractivity contribution in [3.8, 4) is 11.5 Å². The number of ether oxygens (including phenoxy) is 1. The van der Waals surface area contributed by atoms with Crippen molar-refractivity contribution in [3.05, 3.63) is 59.2 Å². The number of aromatic hydroxyl groups is 1. The normalized spacial score (nSPS) is 15.4. The quantitative estimate of drug-likeness (QED) is 0.865. The fraction of sp³-hybridized carbons (Fsp3) is 0.167. The predicted molar refractivity (Wildman–Crippen MR) is 86.7 cm³/mol. The number of benzene rings is 2. The fourth-order valence-corrected chi connectivity index (χ4v) is 2.39. The Morgan fingerprint density at radius 2 is 1.86 bits per heavy atom. The van der Waals surface area contributed by atoms with Crippen LogP contribution in [0.15, 0.2) is 48.0 Å². The van der Waals surface area contributed by atoms with E-state index in [0.29, 0.717) is 16.9 Å². The molecule has 0 atom stereocenters. The Kier molecular flexibility index (Phi) is 3.59. The summed E-state index contributed by atoms with van der Waals surface area (Å²) in [5.41, 5.74) is 3.16. The van der Waals surface area contributed by atoms with Gasteiger partial charge in [0.2, 0.25) is 0 Å². The molecule has 4 nitrogen and oxygen atoms in total. The third-order valence-corrected chi connectivity index (χ3v) is 3.64. The highest BCUT2D eigenvalue weighted by molar-refractivity contribution is 6.14. The Morgan fingerprint density at radius 3 is 2.55 bits per heavy atom. The zero-order valence-corrected chi connectivity index (χ0v) is 12.5. The van der Waals surface area contributed by atoms with Gasteiger partial charge in [0.05, 0.1) is 5.56 Å². The topological polar surface area (TPSA) is 49.8 Å². The summed E-state index contributed by atoms with van der Waals surface area (Å²) in [5, 5.41) is 9.44. The first-order valence-electron chi connectivity index (χ1n) is 7.03. The van der Waals surface area contributed by atoms with Gasteiger partial charge in [0.15, 0.2) is 5.78 Å². The molecule has 0 unspecified atom stereocenters. The van der Waals surface area contributed by atoms with E-state index < -0.39 is 0 Å². The van der Waals surface area contributed by atoms with Crippen molar-refractivity contribution < 1.29 is 14.6 Å². The van der Waals surface area contributed by atoms with Crippen LogP contribution in [-0.4, -0.2) is 31.6 Å². The molecule has 0 saturated carbocycles. The van der Waals surface area contributed by atoms with E-state index in [9.17, 15) is 9.90 Å². The van der Waals surface area contributed by atoms with Crippen LogP contribution in [0.2, 0.25) is 0 Å². The van der Waals surface area contributed by atoms with E-state index in [1.54, 1.807) is 6.07 Å². The van der Waals surface area contributed by atoms with E-state index in [1.807, 2.05) is 49.3 Å². The van der Waals surface area contributed by atoms with Crippen LogP contribution >= 0.6 is 0 Å². The monoisotopic (exact) mass is 295 g/mol. The summed E-state index contributed by atoms with van der Waals surface area (Å²) in [6.45, 7) is 0.213. The Bertz CT molecular complexity index is 745. The van der Waals surface area contributed by atoms with Crippen LogP contribution in [0.5, 0.6) is 11.5 Å². The summed E-state index contributed by atoms with van der Waals surface area (Å²) < 4.78 is 5.56. The molecule has 4 heteroatoms. The summed E-state index contributed by atoms with van der Waals surface area (Å²) >= 11 is 0. The summed E-state index contributed by atoms with van der Waals surface area (Å²) in [6, 6.07) is 12.5. The van der Waals surface area contributed by atoms with Gasteiger partial charge >= 0.3 is 0 Å². The van der Waals surface area contributed by atoms with Crippen molar-refractivity contribution in [2.75, 3.05) is 25.6 Å². The second-order valence-corrected chi connectivity index (χ2v) is 5.45. The molecular formula is C18H17NO3. The zero-order chi connectivity index (χ0) is 15.7. The molecule has 1 aliphatic heterocycles. The van der Waals surface area contributed by atoms with Crippen molar-refractivity contribution in [1.29, 1.82) is 0 Å². The van der Waals surface area contributed by atoms with E-state index in [2.05, 4.69) is 0 Å². The van der Waals surface area contributed by atoms with Crippen molar-refractivity contribution in [2.45, 2.75) is 0 Å². The molecular weight excluding hydrogens is 278 g/mol. The first-order chi connectivity index (χ1) is 10.5. The zero-order valence-electron chi connectivity index (χ0n) is 12.5. The number of phenols is 1. The molecule has 1 N–H and O–H groups in total. The molecule has 0 amide bonds. The van der Waals surface area contributed by atoms with Crippen LogP contribution in [0, 0.1) is 0 Å². The van der Waals surface area contributed by atoms with Crippen LogP contribution in [-0.2, 0) is 0 Å². The standard InChI is InChI=1S/C18H17NO3/c1-19(2)14-5-3-12(4-6-14)9-13-11-22-17-10-15(20)7-8-16(17)18(13)21/h3-10,20H,11H2,1-2H3. The van der Waals surface area contributed by atoms with Gasteiger partial charge in [-0.05, 0) is 35.9 Å². The molecule has 0 bridgehead atoms. The van der Waals surface area contributed by atoms with Gasteiger partial charge in [-0.15, -0.1) is 0 Å². The molecule has 112 valence electrons. The van der Waals surface area contributed by atoms with Gasteiger partial charge in [0, 0.05) is 31.4 Å². The van der Waals surface area contributed by atoms with Gasteiger partial charge in [0.1, 0.15) is 18.1 Å². The molecule has 2 aromatic carbocycles. The number of ketones is 1. The van der Waals surface area contributed by atoms with E-state index in [-0.39, 0.29) is 18.1 Å². The number of nitrogens with zero attached hydrogens (tertiary/aromatic N) is 1. The van der Waals surface area contributed by atoms with Crippen LogP contribution in [0.25, 0.3) is 6.08 Å². The summed E-state index contributed by atoms with van der Waals surface area (Å²) in [5.74, 6) is 0.473. The van der Waals surface area contributed by atoms with Gasteiger partial charge in [-0.25, -0.2) is 0 Å². The fourth-order valence-electron chi connectivity index (χ4n) is 2.39. The number of hydrogen-bond acceptors (Lipinski definition) is 4. The number of carbonyl (C=O) groups is 1. The predicted octanol–water partition coefficient (Wildman–Crippen LogP) is 3.12. The molecule has 0 spiro atoms. The lowest BCUT2D eigenvalue weighted by atomic mass is 9.98. The van der Waals surface area contributed by atoms with Crippen molar-refractivity contribution >= 4 is 17.5 Å². The lowest BCUT2D eigenvalue weighted by Crippen LogP contribution is -2.18. The molecule has 3 rings (SSSR count). The molecule has 0 saturated heterocycles. The molecule has 0 aliphatic carbocycles. The minimum Gasteiger partial charge on any atom is -0.508 e. The number of hydrogen-bond donors (Lipinski definition) is 1. The molecule has 0 radical (unpaired) electrons. The smallest absolute Gasteiger partial charge is 0.196 e. The molecule has 22 heavy (non-hydrogen) atoms. The van der Waals surface area contributed by atoms with Gasteiger partial charge in [-0.1, -0.05) is 12.1 Å². The minimum atomic E-state index is -0.0575. The maximum Gasteiger partial charge on any atom is 0.196 e. The Hall–Kier alpha value is -2.75. The molecule has 1 heterocycles. The van der Waals surface area contributed by atoms with E-state index in [4.69, 9.17) is 4.74 Å². The van der Waals surface area contributed by atoms with Crippen LogP contribution in [0.3, 0.4) is 0 Å². The maximum atomic E-state index is 12.5. The first kappa shape index (κ1) is 14.2. The first-order valence-corrected chi connectivity index (χ1v) is 7.03. The second-order valence-electron chi connectivity index (χ2n) is 5.45. The van der Waals surface area contributed by atoms with E-state index >= 15 is 0 Å². The molecule has 0 aromatic heterocycles. The van der Waals surface area contributed by atoms with Gasteiger partial charge in [-0.2, -0.15) is 0 Å². The lowest BCUT2D eigenvalue weighted by Gasteiger charge is -2.19. The van der Waals surface area contributed by atoms with E-state index in [0.717, 1.165) is 11.3 Å². The van der Waals surface area contributed by atoms with E-state index in [1.165, 1.54) is 12.1 Å². The third kappa shape index (κ3) is 2.68. The number of phenolic OH excluding ortho intramolecular Hbond substituents is 1. The van der Waals surface area contributed by atoms with Crippen LogP contribution in [0.1, 0.15) is 15.9 Å². The van der Waals surface area contributed by atoms with Crippen molar-refractivity contribution in [3.63, 3.8) is 0 Å². The van der Waals surface area contributed by atoms with Crippen LogP contribution in [0.4, 0.5) is 5.69 Å². The highest BCUT2D eigenvalue weighted by Crippen LogP contribution is 2.31. The SMILES string of the molecule is CN(C)c1ccc(C=C2COc3cc(O)ccc3C2=O)cc1. The Labute approximate surface area is 129 Å². The summed E-state index contributed by atoms with van der Waals surface area (Å²) in [4.78, 5) is 14.5. The van der Waals surface area contributed by atoms with Gasteiger partial charge in [-0.3, -0.25) is 4.79 Å². The Morgan fingerprint density at radius 1 is 1.14 bits per heavy atom. The maximum absolute atomic E-state index is 12.5.